The SMILES string of the molecule is COC(=O)N1CCC(NS(C)(=O)=O)C1COC1CCC(C(C)C)CC1. The molecule has 25 heavy (non-hydrogen) atoms. The molecule has 0 aromatic rings. The maximum Gasteiger partial charge on any atom is 0.409 e. The zero-order valence-electron chi connectivity index (χ0n) is 15.7. The number of nitrogens with zero attached hydrogens (tertiary/aromatic N) is 1. The molecule has 2 aliphatic rings. The highest BCUT2D eigenvalue weighted by molar-refractivity contribution is 7.88. The fraction of sp³-hybridized carbons (Fsp3) is 0.941. The van der Waals surface area contributed by atoms with Crippen LogP contribution < -0.4 is 4.72 Å². The average molecular weight is 377 g/mol. The van der Waals surface area contributed by atoms with E-state index >= 15 is 0 Å². The molecule has 0 bridgehead atoms. The average Bonchev–Trinajstić information content (AvgIpc) is 2.93. The van der Waals surface area contributed by atoms with Gasteiger partial charge in [-0.15, -0.1) is 0 Å². The molecule has 8 heteroatoms. The highest BCUT2D eigenvalue weighted by Crippen LogP contribution is 2.32. The van der Waals surface area contributed by atoms with E-state index in [9.17, 15) is 13.2 Å². The monoisotopic (exact) mass is 376 g/mol. The first-order valence-electron chi connectivity index (χ1n) is 9.14. The fourth-order valence-electron chi connectivity index (χ4n) is 3.97. The standard InChI is InChI=1S/C17H32N2O5S/c1-12(2)13-5-7-14(8-6-13)24-11-16-15(18-25(4,21)22)9-10-19(16)17(20)23-3/h12-16,18H,5-11H2,1-4H3. The summed E-state index contributed by atoms with van der Waals surface area (Å²) < 4.78 is 36.7. The van der Waals surface area contributed by atoms with Crippen LogP contribution in [0, 0.1) is 11.8 Å². The Morgan fingerprint density at radius 2 is 1.84 bits per heavy atom. The first-order valence-corrected chi connectivity index (χ1v) is 11.0. The van der Waals surface area contributed by atoms with Gasteiger partial charge in [-0.3, -0.25) is 0 Å². The van der Waals surface area contributed by atoms with E-state index < -0.39 is 16.1 Å². The van der Waals surface area contributed by atoms with E-state index in [1.54, 1.807) is 4.90 Å². The maximum absolute atomic E-state index is 12.0. The van der Waals surface area contributed by atoms with Crippen LogP contribution in [0.3, 0.4) is 0 Å². The van der Waals surface area contributed by atoms with Gasteiger partial charge in [0, 0.05) is 12.6 Å². The number of carbonyl (C=O) groups is 1. The minimum Gasteiger partial charge on any atom is -0.453 e. The number of hydrogen-bond donors (Lipinski definition) is 1. The smallest absolute Gasteiger partial charge is 0.409 e. The molecule has 1 aliphatic heterocycles. The van der Waals surface area contributed by atoms with Crippen molar-refractivity contribution in [3.8, 4) is 0 Å². The molecular formula is C17H32N2O5S. The van der Waals surface area contributed by atoms with Gasteiger partial charge in [0.05, 0.1) is 32.1 Å². The number of nitrogens with one attached hydrogen (secondary N) is 1. The molecule has 2 atom stereocenters. The van der Waals surface area contributed by atoms with Crippen LogP contribution in [0.5, 0.6) is 0 Å². The van der Waals surface area contributed by atoms with Crippen LogP contribution in [0.4, 0.5) is 4.79 Å². The molecule has 0 radical (unpaired) electrons. The number of ether oxygens (including phenoxy) is 2. The van der Waals surface area contributed by atoms with Crippen molar-refractivity contribution < 1.29 is 22.7 Å². The summed E-state index contributed by atoms with van der Waals surface area (Å²) in [7, 11) is -2.00. The van der Waals surface area contributed by atoms with E-state index in [0.717, 1.165) is 25.0 Å². The van der Waals surface area contributed by atoms with Gasteiger partial charge in [-0.25, -0.2) is 17.9 Å². The molecule has 2 rings (SSSR count). The van der Waals surface area contributed by atoms with E-state index in [-0.39, 0.29) is 18.2 Å². The maximum atomic E-state index is 12.0. The van der Waals surface area contributed by atoms with Crippen molar-refractivity contribution in [2.24, 2.45) is 11.8 Å². The van der Waals surface area contributed by atoms with Gasteiger partial charge in [0.15, 0.2) is 0 Å². The molecule has 1 saturated carbocycles. The third-order valence-electron chi connectivity index (χ3n) is 5.48. The van der Waals surface area contributed by atoms with Crippen molar-refractivity contribution in [1.82, 2.24) is 9.62 Å². The van der Waals surface area contributed by atoms with Crippen LogP contribution in [-0.4, -0.2) is 64.1 Å². The van der Waals surface area contributed by atoms with Gasteiger partial charge in [-0.2, -0.15) is 0 Å². The molecule has 1 saturated heterocycles. The number of sulfonamides is 1. The lowest BCUT2D eigenvalue weighted by Gasteiger charge is -2.33. The summed E-state index contributed by atoms with van der Waals surface area (Å²) in [5.74, 6) is 1.46. The minimum absolute atomic E-state index is 0.189. The summed E-state index contributed by atoms with van der Waals surface area (Å²) in [5, 5.41) is 0. The number of amides is 1. The van der Waals surface area contributed by atoms with Crippen LogP contribution in [0.15, 0.2) is 0 Å². The van der Waals surface area contributed by atoms with Gasteiger partial charge >= 0.3 is 6.09 Å². The third kappa shape index (κ3) is 5.82. The van der Waals surface area contributed by atoms with Crippen LogP contribution in [-0.2, 0) is 19.5 Å². The van der Waals surface area contributed by atoms with E-state index in [1.165, 1.54) is 20.0 Å². The van der Waals surface area contributed by atoms with Gasteiger partial charge in [0.25, 0.3) is 0 Å². The van der Waals surface area contributed by atoms with E-state index in [0.29, 0.717) is 25.5 Å². The van der Waals surface area contributed by atoms with Crippen LogP contribution >= 0.6 is 0 Å². The van der Waals surface area contributed by atoms with Crippen LogP contribution in [0.25, 0.3) is 0 Å². The predicted octanol–water partition coefficient (Wildman–Crippen LogP) is 1.98. The Labute approximate surface area is 151 Å². The molecule has 1 heterocycles. The zero-order valence-corrected chi connectivity index (χ0v) is 16.5. The van der Waals surface area contributed by atoms with Crippen LogP contribution in [0.2, 0.25) is 0 Å². The molecule has 0 aromatic carbocycles. The highest BCUT2D eigenvalue weighted by Gasteiger charge is 2.39. The molecular weight excluding hydrogens is 344 g/mol. The largest absolute Gasteiger partial charge is 0.453 e. The first kappa shape index (κ1) is 20.5. The van der Waals surface area contributed by atoms with Crippen molar-refractivity contribution in [2.75, 3.05) is 26.5 Å². The Balaban J connectivity index is 1.93. The van der Waals surface area contributed by atoms with E-state index in [1.807, 2.05) is 0 Å². The highest BCUT2D eigenvalue weighted by atomic mass is 32.2. The second-order valence-corrected chi connectivity index (χ2v) is 9.41. The lowest BCUT2D eigenvalue weighted by molar-refractivity contribution is -0.0132. The number of methoxy groups -OCH3 is 1. The van der Waals surface area contributed by atoms with Gasteiger partial charge < -0.3 is 14.4 Å². The molecule has 1 amide bonds. The Morgan fingerprint density at radius 3 is 2.36 bits per heavy atom. The second kappa shape index (κ2) is 8.68. The van der Waals surface area contributed by atoms with Crippen molar-refractivity contribution in [3.63, 3.8) is 0 Å². The quantitative estimate of drug-likeness (QED) is 0.766. The molecule has 7 nitrogen and oxygen atoms in total. The van der Waals surface area contributed by atoms with Crippen molar-refractivity contribution in [1.29, 1.82) is 0 Å². The van der Waals surface area contributed by atoms with Gasteiger partial charge in [0.1, 0.15) is 0 Å². The summed E-state index contributed by atoms with van der Waals surface area (Å²) in [6.45, 7) is 5.33. The second-order valence-electron chi connectivity index (χ2n) is 7.63. The summed E-state index contributed by atoms with van der Waals surface area (Å²) in [6, 6.07) is -0.661. The molecule has 0 spiro atoms. The number of carbonyl (C=O) groups excluding carboxylic acids is 1. The van der Waals surface area contributed by atoms with Gasteiger partial charge in [-0.05, 0) is 43.9 Å². The topological polar surface area (TPSA) is 84.9 Å². The summed E-state index contributed by atoms with van der Waals surface area (Å²) in [4.78, 5) is 13.5. The lowest BCUT2D eigenvalue weighted by Crippen LogP contribution is -2.49. The molecule has 1 aliphatic carbocycles. The lowest BCUT2D eigenvalue weighted by atomic mass is 9.80. The van der Waals surface area contributed by atoms with E-state index in [2.05, 4.69) is 18.6 Å². The third-order valence-corrected chi connectivity index (χ3v) is 6.22. The minimum atomic E-state index is -3.34. The Bertz CT molecular complexity index is 543. The summed E-state index contributed by atoms with van der Waals surface area (Å²) in [5.41, 5.74) is 0. The normalized spacial score (nSPS) is 30.7. The number of rotatable bonds is 6. The molecule has 2 fully saturated rings. The predicted molar refractivity (Wildman–Crippen MR) is 95.8 cm³/mol. The van der Waals surface area contributed by atoms with Crippen molar-refractivity contribution in [2.45, 2.75) is 64.1 Å². The first-order chi connectivity index (χ1) is 11.7. The Morgan fingerprint density at radius 1 is 1.20 bits per heavy atom. The van der Waals surface area contributed by atoms with Crippen LogP contribution in [0.1, 0.15) is 46.0 Å². The zero-order chi connectivity index (χ0) is 18.6. The number of likely N-dealkylation sites (tertiary alicyclic amines) is 1. The summed E-state index contributed by atoms with van der Waals surface area (Å²) in [6.07, 6.45) is 5.84. The van der Waals surface area contributed by atoms with Gasteiger partial charge in [0.2, 0.25) is 10.0 Å². The Kier molecular flexibility index (Phi) is 7.10. The van der Waals surface area contributed by atoms with Crippen molar-refractivity contribution >= 4 is 16.1 Å². The number of hydrogen-bond acceptors (Lipinski definition) is 5. The molecule has 146 valence electrons. The fourth-order valence-corrected chi connectivity index (χ4v) is 4.80. The molecule has 0 aromatic heterocycles. The molecule has 1 N–H and O–H groups in total. The summed E-state index contributed by atoms with van der Waals surface area (Å²) >= 11 is 0. The Hall–Kier alpha value is -0.860. The van der Waals surface area contributed by atoms with E-state index in [4.69, 9.17) is 9.47 Å². The molecule has 2 unspecified atom stereocenters. The van der Waals surface area contributed by atoms with Gasteiger partial charge in [-0.1, -0.05) is 13.8 Å². The van der Waals surface area contributed by atoms with Crippen molar-refractivity contribution in [3.05, 3.63) is 0 Å².